The summed E-state index contributed by atoms with van der Waals surface area (Å²) in [6.07, 6.45) is 10.3. The predicted molar refractivity (Wildman–Crippen MR) is 68.4 cm³/mol. The van der Waals surface area contributed by atoms with Crippen LogP contribution in [-0.2, 0) is 0 Å². The van der Waals surface area contributed by atoms with E-state index in [0.717, 1.165) is 11.5 Å². The van der Waals surface area contributed by atoms with Crippen LogP contribution in [0.2, 0.25) is 0 Å². The van der Waals surface area contributed by atoms with Crippen molar-refractivity contribution >= 4 is 0 Å². The topological polar surface area (TPSA) is 24.9 Å². The molecule has 1 aliphatic carbocycles. The maximum atomic E-state index is 4.09. The zero-order chi connectivity index (χ0) is 11.5. The average molecular weight is 226 g/mol. The van der Waals surface area contributed by atoms with Gasteiger partial charge < -0.3 is 5.32 Å². The summed E-state index contributed by atoms with van der Waals surface area (Å²) >= 11 is 0. The van der Waals surface area contributed by atoms with Crippen LogP contribution in [0.3, 0.4) is 0 Å². The number of rotatable bonds is 0. The smallest absolute Gasteiger partial charge is 0.0698 e. The van der Waals surface area contributed by atoms with E-state index < -0.39 is 0 Å². The highest BCUT2D eigenvalue weighted by atomic mass is 15.0. The van der Waals surface area contributed by atoms with E-state index in [0.29, 0.717) is 12.1 Å². The van der Waals surface area contributed by atoms with E-state index in [1.807, 2.05) is 18.3 Å². The lowest BCUT2D eigenvalue weighted by Gasteiger charge is -2.22. The Labute approximate surface area is 103 Å². The van der Waals surface area contributed by atoms with Gasteiger partial charge in [-0.1, -0.05) is 11.8 Å². The Morgan fingerprint density at radius 3 is 2.88 bits per heavy atom. The Bertz CT molecular complexity index is 407. The van der Waals surface area contributed by atoms with Gasteiger partial charge in [0.25, 0.3) is 0 Å². The van der Waals surface area contributed by atoms with Crippen molar-refractivity contribution in [3.63, 3.8) is 0 Å². The summed E-state index contributed by atoms with van der Waals surface area (Å²) in [5.74, 6) is 7.51. The molecule has 2 nitrogen and oxygen atoms in total. The van der Waals surface area contributed by atoms with Crippen molar-refractivity contribution in [3.8, 4) is 11.8 Å². The molecule has 2 heteroatoms. The zero-order valence-corrected chi connectivity index (χ0v) is 10.0. The molecule has 1 atom stereocenters. The van der Waals surface area contributed by atoms with Crippen molar-refractivity contribution < 1.29 is 0 Å². The molecule has 88 valence electrons. The second-order valence-corrected chi connectivity index (χ2v) is 5.18. The van der Waals surface area contributed by atoms with Crippen molar-refractivity contribution in [2.24, 2.45) is 5.92 Å². The molecular formula is C15H18N2. The lowest BCUT2D eigenvalue weighted by atomic mass is 9.86. The molecule has 1 unspecified atom stereocenters. The van der Waals surface area contributed by atoms with E-state index in [4.69, 9.17) is 0 Å². The molecule has 17 heavy (non-hydrogen) atoms. The van der Waals surface area contributed by atoms with Crippen molar-refractivity contribution in [2.45, 2.75) is 44.2 Å². The first kappa shape index (κ1) is 10.8. The lowest BCUT2D eigenvalue weighted by molar-refractivity contribution is 0.344. The molecule has 1 saturated carbocycles. The minimum atomic E-state index is 0.384. The van der Waals surface area contributed by atoms with E-state index >= 15 is 0 Å². The molecule has 0 amide bonds. The highest BCUT2D eigenvalue weighted by Crippen LogP contribution is 2.31. The fourth-order valence-electron chi connectivity index (χ4n) is 2.96. The largest absolute Gasteiger partial charge is 0.301 e. The zero-order valence-electron chi connectivity index (χ0n) is 10.0. The fraction of sp³-hybridized carbons (Fsp3) is 0.533. The molecule has 3 fully saturated rings. The number of nitrogens with zero attached hydrogens (tertiary/aromatic N) is 1. The molecule has 0 aromatic carbocycles. The predicted octanol–water partition coefficient (Wildman–Crippen LogP) is 2.35. The fourth-order valence-corrected chi connectivity index (χ4v) is 2.96. The number of nitrogens with one attached hydrogen (secondary N) is 1. The molecule has 1 aromatic rings. The summed E-state index contributed by atoms with van der Waals surface area (Å²) in [6, 6.07) is 5.05. The van der Waals surface area contributed by atoms with Gasteiger partial charge in [-0.05, 0) is 50.2 Å². The SMILES string of the molecule is C(#CC1CC2CCC(CC2)N1)c1cccnc1. The Balaban J connectivity index is 1.71. The van der Waals surface area contributed by atoms with Gasteiger partial charge in [0.05, 0.1) is 6.04 Å². The quantitative estimate of drug-likeness (QED) is 0.687. The van der Waals surface area contributed by atoms with E-state index in [-0.39, 0.29) is 0 Å². The third kappa shape index (κ3) is 2.68. The first-order valence-corrected chi connectivity index (χ1v) is 6.58. The maximum Gasteiger partial charge on any atom is 0.0698 e. The van der Waals surface area contributed by atoms with Crippen LogP contribution in [0, 0.1) is 17.8 Å². The van der Waals surface area contributed by atoms with Crippen LogP contribution in [0.25, 0.3) is 0 Å². The van der Waals surface area contributed by atoms with Crippen LogP contribution in [0.1, 0.15) is 37.7 Å². The summed E-state index contributed by atoms with van der Waals surface area (Å²) in [6.45, 7) is 0. The molecule has 3 heterocycles. The standard InChI is InChI=1S/C15H18N2/c1-2-13(11-16-9-1)5-8-15-10-12-3-6-14(17-15)7-4-12/h1-2,9,11-12,14-15,17H,3-4,6-7,10H2. The van der Waals surface area contributed by atoms with Crippen molar-refractivity contribution in [2.75, 3.05) is 0 Å². The van der Waals surface area contributed by atoms with Gasteiger partial charge in [-0.2, -0.15) is 0 Å². The van der Waals surface area contributed by atoms with Gasteiger partial charge in [-0.15, -0.1) is 0 Å². The van der Waals surface area contributed by atoms with E-state index in [2.05, 4.69) is 22.1 Å². The van der Waals surface area contributed by atoms with Crippen LogP contribution < -0.4 is 5.32 Å². The van der Waals surface area contributed by atoms with Crippen LogP contribution in [-0.4, -0.2) is 17.1 Å². The Hall–Kier alpha value is -1.33. The Morgan fingerprint density at radius 1 is 1.24 bits per heavy atom. The number of fused-ring (bicyclic) bond motifs is 4. The van der Waals surface area contributed by atoms with E-state index in [1.165, 1.54) is 32.1 Å². The highest BCUT2D eigenvalue weighted by Gasteiger charge is 2.28. The molecule has 1 aromatic heterocycles. The van der Waals surface area contributed by atoms with Gasteiger partial charge in [-0.25, -0.2) is 0 Å². The molecule has 0 radical (unpaired) electrons. The highest BCUT2D eigenvalue weighted by molar-refractivity contribution is 5.32. The van der Waals surface area contributed by atoms with Crippen molar-refractivity contribution in [3.05, 3.63) is 30.1 Å². The van der Waals surface area contributed by atoms with Gasteiger partial charge in [0.15, 0.2) is 0 Å². The molecular weight excluding hydrogens is 208 g/mol. The van der Waals surface area contributed by atoms with Gasteiger partial charge in [-0.3, -0.25) is 4.98 Å². The Morgan fingerprint density at radius 2 is 2.12 bits per heavy atom. The monoisotopic (exact) mass is 226 g/mol. The molecule has 3 aliphatic rings. The van der Waals surface area contributed by atoms with Crippen LogP contribution >= 0.6 is 0 Å². The molecule has 2 saturated heterocycles. The van der Waals surface area contributed by atoms with Crippen LogP contribution in [0.5, 0.6) is 0 Å². The second kappa shape index (κ2) is 4.89. The third-order valence-corrected chi connectivity index (χ3v) is 3.90. The van der Waals surface area contributed by atoms with Crippen LogP contribution in [0.15, 0.2) is 24.5 Å². The number of hydrogen-bond acceptors (Lipinski definition) is 2. The first-order chi connectivity index (χ1) is 8.40. The number of pyridine rings is 1. The van der Waals surface area contributed by atoms with E-state index in [9.17, 15) is 0 Å². The number of aromatic nitrogens is 1. The second-order valence-electron chi connectivity index (χ2n) is 5.18. The van der Waals surface area contributed by atoms with Crippen molar-refractivity contribution in [1.29, 1.82) is 0 Å². The minimum absolute atomic E-state index is 0.384. The van der Waals surface area contributed by atoms with Gasteiger partial charge in [0, 0.05) is 24.0 Å². The van der Waals surface area contributed by atoms with Crippen molar-refractivity contribution in [1.82, 2.24) is 10.3 Å². The third-order valence-electron chi connectivity index (χ3n) is 3.90. The van der Waals surface area contributed by atoms with Gasteiger partial charge >= 0.3 is 0 Å². The van der Waals surface area contributed by atoms with Crippen LogP contribution in [0.4, 0.5) is 0 Å². The number of hydrogen-bond donors (Lipinski definition) is 1. The normalized spacial score (nSPS) is 31.4. The van der Waals surface area contributed by atoms with Gasteiger partial charge in [0.1, 0.15) is 0 Å². The summed E-state index contributed by atoms with van der Waals surface area (Å²) in [4.78, 5) is 4.09. The molecule has 0 spiro atoms. The van der Waals surface area contributed by atoms with E-state index in [1.54, 1.807) is 6.20 Å². The minimum Gasteiger partial charge on any atom is -0.301 e. The maximum absolute atomic E-state index is 4.09. The molecule has 2 aliphatic heterocycles. The summed E-state index contributed by atoms with van der Waals surface area (Å²) in [5, 5.41) is 3.68. The first-order valence-electron chi connectivity index (χ1n) is 6.58. The molecule has 2 bridgehead atoms. The summed E-state index contributed by atoms with van der Waals surface area (Å²) < 4.78 is 0. The molecule has 1 N–H and O–H groups in total. The summed E-state index contributed by atoms with van der Waals surface area (Å²) in [5.41, 5.74) is 1.02. The lowest BCUT2D eigenvalue weighted by Crippen LogP contribution is -2.34. The summed E-state index contributed by atoms with van der Waals surface area (Å²) in [7, 11) is 0. The molecule has 4 rings (SSSR count). The van der Waals surface area contributed by atoms with Gasteiger partial charge in [0.2, 0.25) is 0 Å². The average Bonchev–Trinajstić information content (AvgIpc) is 2.70. The Kier molecular flexibility index (Phi) is 3.11.